The fourth-order valence-electron chi connectivity index (χ4n) is 1.58. The smallest absolute Gasteiger partial charge is 0.281 e. The molecular formula is C14H13ClN2O4. The third kappa shape index (κ3) is 3.58. The number of carbonyl (C=O) groups excluding carboxylic acids is 1. The zero-order chi connectivity index (χ0) is 16.4. The maximum atomic E-state index is 12.1. The van der Waals surface area contributed by atoms with Crippen molar-refractivity contribution in [3.63, 3.8) is 0 Å². The lowest BCUT2D eigenvalue weighted by Gasteiger charge is -2.16. The Labute approximate surface area is 126 Å². The summed E-state index contributed by atoms with van der Waals surface area (Å²) in [5.41, 5.74) is -2.12. The van der Waals surface area contributed by atoms with Gasteiger partial charge in [0, 0.05) is 16.5 Å². The molecule has 1 rings (SSSR count). The largest absolute Gasteiger partial charge is 0.506 e. The molecule has 0 aliphatic carbocycles. The number of rotatable bonds is 3. The van der Waals surface area contributed by atoms with E-state index in [2.05, 4.69) is 0 Å². The summed E-state index contributed by atoms with van der Waals surface area (Å²) < 4.78 is 0. The van der Waals surface area contributed by atoms with Crippen LogP contribution in [0.15, 0.2) is 23.8 Å². The molecule has 0 saturated heterocycles. The predicted octanol–water partition coefficient (Wildman–Crippen LogP) is 3.66. The highest BCUT2D eigenvalue weighted by Gasteiger charge is 2.30. The molecule has 1 aromatic rings. The van der Waals surface area contributed by atoms with E-state index in [-0.39, 0.29) is 10.6 Å². The second kappa shape index (κ2) is 5.94. The molecule has 110 valence electrons. The molecule has 0 aliphatic rings. The minimum Gasteiger partial charge on any atom is -0.506 e. The fourth-order valence-corrected chi connectivity index (χ4v) is 1.74. The van der Waals surface area contributed by atoms with E-state index in [1.165, 1.54) is 12.1 Å². The van der Waals surface area contributed by atoms with E-state index in [9.17, 15) is 20.0 Å². The molecule has 0 spiro atoms. The molecule has 0 aliphatic heterocycles. The van der Waals surface area contributed by atoms with E-state index in [4.69, 9.17) is 16.9 Å². The molecule has 0 aromatic heterocycles. The van der Waals surface area contributed by atoms with Gasteiger partial charge in [-0.2, -0.15) is 5.26 Å². The second-order valence-corrected chi connectivity index (χ2v) is 5.77. The minimum atomic E-state index is -0.903. The number of nitrogens with zero attached hydrogens (tertiary/aromatic N) is 2. The average Bonchev–Trinajstić information content (AvgIpc) is 2.37. The summed E-state index contributed by atoms with van der Waals surface area (Å²) in [7, 11) is 0. The number of nitro benzene ring substituents is 1. The first kappa shape index (κ1) is 16.7. The Kier molecular flexibility index (Phi) is 4.71. The summed E-state index contributed by atoms with van der Waals surface area (Å²) in [5, 5.41) is 30.3. The first-order valence-corrected chi connectivity index (χ1v) is 6.30. The fraction of sp³-hybridized carbons (Fsp3) is 0.286. The van der Waals surface area contributed by atoms with Crippen molar-refractivity contribution in [2.75, 3.05) is 0 Å². The Hall–Kier alpha value is -2.39. The third-order valence-corrected chi connectivity index (χ3v) is 2.90. The lowest BCUT2D eigenvalue weighted by molar-refractivity contribution is -0.385. The molecule has 7 heteroatoms. The number of aliphatic hydroxyl groups excluding tert-OH is 1. The van der Waals surface area contributed by atoms with E-state index in [0.29, 0.717) is 0 Å². The molecule has 0 amide bonds. The highest BCUT2D eigenvalue weighted by Crippen LogP contribution is 2.31. The molecule has 0 saturated carbocycles. The van der Waals surface area contributed by atoms with Crippen LogP contribution in [-0.2, 0) is 4.79 Å². The molecule has 0 radical (unpaired) electrons. The van der Waals surface area contributed by atoms with Gasteiger partial charge in [0.25, 0.3) is 5.69 Å². The van der Waals surface area contributed by atoms with Crippen LogP contribution in [0.2, 0.25) is 5.02 Å². The number of halogens is 1. The normalized spacial score (nSPS) is 12.3. The second-order valence-electron chi connectivity index (χ2n) is 5.33. The van der Waals surface area contributed by atoms with Crippen molar-refractivity contribution >= 4 is 28.8 Å². The standard InChI is InChI=1S/C14H13ClN2O4/c1-14(2,3)13(19)10(7-16)12(18)9-5-4-8(15)6-11(9)17(20)21/h4-6,18H,1-3H3. The Bertz CT molecular complexity index is 681. The summed E-state index contributed by atoms with van der Waals surface area (Å²) in [4.78, 5) is 22.4. The molecule has 0 fully saturated rings. The lowest BCUT2D eigenvalue weighted by atomic mass is 9.85. The summed E-state index contributed by atoms with van der Waals surface area (Å²) in [6.07, 6.45) is 0. The number of nitro groups is 1. The molecule has 0 heterocycles. The monoisotopic (exact) mass is 308 g/mol. The van der Waals surface area contributed by atoms with Crippen LogP contribution in [0.25, 0.3) is 5.76 Å². The van der Waals surface area contributed by atoms with Crippen molar-refractivity contribution in [2.24, 2.45) is 5.41 Å². The molecule has 1 N–H and O–H groups in total. The van der Waals surface area contributed by atoms with Gasteiger partial charge in [-0.25, -0.2) is 0 Å². The van der Waals surface area contributed by atoms with Crippen molar-refractivity contribution in [3.8, 4) is 6.07 Å². The van der Waals surface area contributed by atoms with Crippen LogP contribution in [0.3, 0.4) is 0 Å². The van der Waals surface area contributed by atoms with Gasteiger partial charge in [-0.05, 0) is 12.1 Å². The Morgan fingerprint density at radius 1 is 1.43 bits per heavy atom. The van der Waals surface area contributed by atoms with Gasteiger partial charge in [0.15, 0.2) is 11.5 Å². The van der Waals surface area contributed by atoms with E-state index in [1.54, 1.807) is 26.8 Å². The third-order valence-electron chi connectivity index (χ3n) is 2.67. The van der Waals surface area contributed by atoms with Gasteiger partial charge < -0.3 is 5.11 Å². The maximum absolute atomic E-state index is 12.1. The number of Topliss-reactive ketones (excluding diaryl/α,β-unsaturated/α-hetero) is 1. The maximum Gasteiger partial charge on any atom is 0.281 e. The number of aliphatic hydroxyl groups is 1. The van der Waals surface area contributed by atoms with Gasteiger partial charge in [0.05, 0.1) is 10.5 Å². The van der Waals surface area contributed by atoms with Crippen LogP contribution in [0.5, 0.6) is 0 Å². The lowest BCUT2D eigenvalue weighted by Crippen LogP contribution is -2.22. The van der Waals surface area contributed by atoms with Crippen molar-refractivity contribution < 1.29 is 14.8 Å². The number of ketones is 1. The molecular weight excluding hydrogens is 296 g/mol. The van der Waals surface area contributed by atoms with Gasteiger partial charge >= 0.3 is 0 Å². The Balaban J connectivity index is 3.58. The Morgan fingerprint density at radius 3 is 2.43 bits per heavy atom. The number of benzene rings is 1. The molecule has 0 bridgehead atoms. The highest BCUT2D eigenvalue weighted by atomic mass is 35.5. The number of allylic oxidation sites excluding steroid dienone is 1. The van der Waals surface area contributed by atoms with E-state index < -0.39 is 33.1 Å². The van der Waals surface area contributed by atoms with E-state index in [0.717, 1.165) is 6.07 Å². The Morgan fingerprint density at radius 2 is 2.00 bits per heavy atom. The van der Waals surface area contributed by atoms with Gasteiger partial charge in [-0.1, -0.05) is 32.4 Å². The average molecular weight is 309 g/mol. The van der Waals surface area contributed by atoms with Crippen LogP contribution in [0.4, 0.5) is 5.69 Å². The first-order valence-electron chi connectivity index (χ1n) is 5.92. The number of carbonyl (C=O) groups is 1. The SMILES string of the molecule is CC(C)(C)C(=O)C(C#N)=C(O)c1ccc(Cl)cc1[N+](=O)[O-]. The molecule has 6 nitrogen and oxygen atoms in total. The summed E-state index contributed by atoms with van der Waals surface area (Å²) >= 11 is 5.68. The van der Waals surface area contributed by atoms with Crippen molar-refractivity contribution in [1.29, 1.82) is 5.26 Å². The van der Waals surface area contributed by atoms with Crippen molar-refractivity contribution in [3.05, 3.63) is 44.5 Å². The van der Waals surface area contributed by atoms with Crippen LogP contribution >= 0.6 is 11.6 Å². The quantitative estimate of drug-likeness (QED) is 0.302. The van der Waals surface area contributed by atoms with Gasteiger partial charge in [-0.3, -0.25) is 14.9 Å². The van der Waals surface area contributed by atoms with E-state index in [1.807, 2.05) is 0 Å². The summed E-state index contributed by atoms with van der Waals surface area (Å²) in [6.45, 7) is 4.74. The van der Waals surface area contributed by atoms with E-state index >= 15 is 0 Å². The van der Waals surface area contributed by atoms with Crippen LogP contribution in [-0.4, -0.2) is 15.8 Å². The van der Waals surface area contributed by atoms with Gasteiger partial charge in [0.1, 0.15) is 11.6 Å². The zero-order valence-electron chi connectivity index (χ0n) is 11.7. The molecule has 0 atom stereocenters. The van der Waals surface area contributed by atoms with Crippen LogP contribution < -0.4 is 0 Å². The number of hydrogen-bond acceptors (Lipinski definition) is 5. The molecule has 21 heavy (non-hydrogen) atoms. The van der Waals surface area contributed by atoms with Gasteiger partial charge in [0.2, 0.25) is 0 Å². The zero-order valence-corrected chi connectivity index (χ0v) is 12.4. The number of hydrogen-bond donors (Lipinski definition) is 1. The van der Waals surface area contributed by atoms with Crippen LogP contribution in [0, 0.1) is 26.9 Å². The van der Waals surface area contributed by atoms with Gasteiger partial charge in [-0.15, -0.1) is 0 Å². The first-order chi connectivity index (χ1) is 9.59. The summed E-state index contributed by atoms with van der Waals surface area (Å²) in [5.74, 6) is -1.33. The molecule has 1 aromatic carbocycles. The van der Waals surface area contributed by atoms with Crippen molar-refractivity contribution in [2.45, 2.75) is 20.8 Å². The number of nitriles is 1. The topological polar surface area (TPSA) is 104 Å². The summed E-state index contributed by atoms with van der Waals surface area (Å²) in [6, 6.07) is 5.18. The van der Waals surface area contributed by atoms with Crippen LogP contribution in [0.1, 0.15) is 26.3 Å². The minimum absolute atomic E-state index is 0.110. The molecule has 0 unspecified atom stereocenters. The predicted molar refractivity (Wildman–Crippen MR) is 77.7 cm³/mol. The van der Waals surface area contributed by atoms with Crippen molar-refractivity contribution in [1.82, 2.24) is 0 Å². The highest BCUT2D eigenvalue weighted by molar-refractivity contribution is 6.30.